The zero-order chi connectivity index (χ0) is 15.2. The summed E-state index contributed by atoms with van der Waals surface area (Å²) in [6.45, 7) is 1.67. The minimum atomic E-state index is -0.846. The summed E-state index contributed by atoms with van der Waals surface area (Å²) in [5.41, 5.74) is 0.645. The predicted octanol–water partition coefficient (Wildman–Crippen LogP) is 2.42. The van der Waals surface area contributed by atoms with Crippen LogP contribution in [-0.2, 0) is 11.3 Å². The molecular weight excluding hydrogens is 296 g/mol. The summed E-state index contributed by atoms with van der Waals surface area (Å²) in [6.07, 6.45) is 0.323. The Morgan fingerprint density at radius 3 is 2.76 bits per heavy atom. The second-order valence-electron chi connectivity index (χ2n) is 4.04. The zero-order valence-corrected chi connectivity index (χ0v) is 12.0. The molecule has 0 bridgehead atoms. The summed E-state index contributed by atoms with van der Waals surface area (Å²) in [6, 6.07) is 8.68. The van der Waals surface area contributed by atoms with E-state index in [2.05, 4.69) is 9.82 Å². The Hall–Kier alpha value is -2.48. The van der Waals surface area contributed by atoms with E-state index in [1.54, 1.807) is 31.2 Å². The van der Waals surface area contributed by atoms with Gasteiger partial charge in [0.2, 0.25) is 5.01 Å². The molecule has 0 radical (unpaired) electrons. The van der Waals surface area contributed by atoms with E-state index >= 15 is 0 Å². The molecule has 0 amide bonds. The van der Waals surface area contributed by atoms with E-state index < -0.39 is 11.1 Å². The summed E-state index contributed by atoms with van der Waals surface area (Å²) in [5, 5.41) is 9.46. The van der Waals surface area contributed by atoms with E-state index in [-0.39, 0.29) is 11.6 Å². The highest BCUT2D eigenvalue weighted by atomic mass is 32.1. The van der Waals surface area contributed by atoms with E-state index in [1.165, 1.54) is 0 Å². The molecule has 2 aromatic rings. The molecule has 0 spiro atoms. The van der Waals surface area contributed by atoms with Gasteiger partial charge >= 0.3 is 5.97 Å². The topological polar surface area (TPSA) is 91.6 Å². The van der Waals surface area contributed by atoms with Crippen molar-refractivity contribution in [2.75, 3.05) is 6.61 Å². The monoisotopic (exact) mass is 308 g/mol. The van der Waals surface area contributed by atoms with Gasteiger partial charge in [-0.05, 0) is 19.1 Å². The third-order valence-electron chi connectivity index (χ3n) is 2.55. The number of hydrogen-bond donors (Lipinski definition) is 0. The second-order valence-corrected chi connectivity index (χ2v) is 5.12. The van der Waals surface area contributed by atoms with Crippen molar-refractivity contribution in [2.45, 2.75) is 13.3 Å². The van der Waals surface area contributed by atoms with Crippen molar-refractivity contribution in [1.29, 1.82) is 0 Å². The Labute approximate surface area is 124 Å². The van der Waals surface area contributed by atoms with Gasteiger partial charge in [0.25, 0.3) is 5.09 Å². The van der Waals surface area contributed by atoms with Crippen molar-refractivity contribution in [3.05, 3.63) is 56.0 Å². The summed E-state index contributed by atoms with van der Waals surface area (Å²) in [7, 11) is 0. The summed E-state index contributed by atoms with van der Waals surface area (Å²) in [5.74, 6) is -0.107. The third-order valence-corrected chi connectivity index (χ3v) is 3.74. The minimum absolute atomic E-state index is 0.0663. The fourth-order valence-electron chi connectivity index (χ4n) is 1.60. The van der Waals surface area contributed by atoms with E-state index in [4.69, 9.17) is 4.74 Å². The number of aromatic nitrogens is 1. The number of nitrogens with zero attached hydrogens (tertiary/aromatic N) is 2. The maximum absolute atomic E-state index is 11.9. The summed E-state index contributed by atoms with van der Waals surface area (Å²) >= 11 is 1.15. The van der Waals surface area contributed by atoms with Crippen molar-refractivity contribution < 1.29 is 19.5 Å². The lowest BCUT2D eigenvalue weighted by Gasteiger charge is -2.00. The molecule has 8 heteroatoms. The van der Waals surface area contributed by atoms with Crippen LogP contribution in [0.15, 0.2) is 30.3 Å². The molecule has 110 valence electrons. The molecule has 1 aromatic heterocycles. The van der Waals surface area contributed by atoms with E-state index in [0.717, 1.165) is 16.2 Å². The maximum Gasteiger partial charge on any atom is 0.372 e. The van der Waals surface area contributed by atoms with E-state index in [1.807, 2.05) is 6.07 Å². The highest BCUT2D eigenvalue weighted by molar-refractivity contribution is 7.13. The first-order valence-corrected chi connectivity index (χ1v) is 6.88. The lowest BCUT2D eigenvalue weighted by atomic mass is 10.3. The van der Waals surface area contributed by atoms with Crippen molar-refractivity contribution in [3.8, 4) is 5.75 Å². The fourth-order valence-corrected chi connectivity index (χ4v) is 2.52. The summed E-state index contributed by atoms with van der Waals surface area (Å²) < 4.78 is 5.18. The molecule has 0 aliphatic heterocycles. The van der Waals surface area contributed by atoms with Crippen LogP contribution in [0.3, 0.4) is 0 Å². The number of ether oxygens (including phenoxy) is 1. The standard InChI is InChI=1S/C13H12N2O5S/c1-9-11(7-8-19-15(17)18)21-12(14-9)13(16)20-10-5-3-2-4-6-10/h2-6H,7-8H2,1H3. The molecule has 0 N–H and O–H groups in total. The van der Waals surface area contributed by atoms with Gasteiger partial charge in [0.05, 0.1) is 5.69 Å². The molecule has 0 saturated heterocycles. The number of benzene rings is 1. The lowest BCUT2D eigenvalue weighted by molar-refractivity contribution is -0.757. The zero-order valence-electron chi connectivity index (χ0n) is 11.1. The number of aryl methyl sites for hydroxylation is 1. The average Bonchev–Trinajstić information content (AvgIpc) is 2.81. The Kier molecular flexibility index (Phi) is 4.83. The van der Waals surface area contributed by atoms with Crippen molar-refractivity contribution in [1.82, 2.24) is 4.98 Å². The molecule has 0 aliphatic carbocycles. The molecule has 1 heterocycles. The Bertz CT molecular complexity index is 641. The van der Waals surface area contributed by atoms with Crippen molar-refractivity contribution in [3.63, 3.8) is 0 Å². The van der Waals surface area contributed by atoms with Gasteiger partial charge in [0.15, 0.2) is 0 Å². The van der Waals surface area contributed by atoms with Gasteiger partial charge in [0, 0.05) is 11.3 Å². The van der Waals surface area contributed by atoms with Crippen LogP contribution in [0.5, 0.6) is 5.75 Å². The quantitative estimate of drug-likeness (QED) is 0.352. The molecule has 2 rings (SSSR count). The van der Waals surface area contributed by atoms with E-state index in [0.29, 0.717) is 17.9 Å². The van der Waals surface area contributed by atoms with Crippen molar-refractivity contribution in [2.24, 2.45) is 0 Å². The molecule has 7 nitrogen and oxygen atoms in total. The van der Waals surface area contributed by atoms with Crippen LogP contribution in [0.1, 0.15) is 20.4 Å². The molecule has 0 saturated carbocycles. The first-order valence-electron chi connectivity index (χ1n) is 6.07. The number of para-hydroxylation sites is 1. The van der Waals surface area contributed by atoms with Gasteiger partial charge in [-0.1, -0.05) is 18.2 Å². The average molecular weight is 308 g/mol. The molecule has 0 aliphatic rings. The van der Waals surface area contributed by atoms with Crippen LogP contribution in [-0.4, -0.2) is 22.6 Å². The van der Waals surface area contributed by atoms with Gasteiger partial charge < -0.3 is 9.57 Å². The fraction of sp³-hybridized carbons (Fsp3) is 0.231. The number of thiazole rings is 1. The second kappa shape index (κ2) is 6.80. The van der Waals surface area contributed by atoms with Crippen LogP contribution in [0.4, 0.5) is 0 Å². The molecule has 0 unspecified atom stereocenters. The van der Waals surface area contributed by atoms with Crippen LogP contribution >= 0.6 is 11.3 Å². The predicted molar refractivity (Wildman–Crippen MR) is 74.9 cm³/mol. The van der Waals surface area contributed by atoms with Gasteiger partial charge in [0.1, 0.15) is 12.4 Å². The first kappa shape index (κ1) is 14.9. The highest BCUT2D eigenvalue weighted by Gasteiger charge is 2.16. The largest absolute Gasteiger partial charge is 0.421 e. The molecule has 0 fully saturated rings. The minimum Gasteiger partial charge on any atom is -0.421 e. The third kappa shape index (κ3) is 4.25. The van der Waals surface area contributed by atoms with Crippen LogP contribution < -0.4 is 4.74 Å². The molecular formula is C13H12N2O5S. The first-order chi connectivity index (χ1) is 10.1. The maximum atomic E-state index is 11.9. The highest BCUT2D eigenvalue weighted by Crippen LogP contribution is 2.20. The number of carbonyl (C=O) groups is 1. The van der Waals surface area contributed by atoms with Gasteiger partial charge in [-0.3, -0.25) is 0 Å². The Morgan fingerprint density at radius 1 is 1.38 bits per heavy atom. The SMILES string of the molecule is Cc1nc(C(=O)Oc2ccccc2)sc1CCO[N+](=O)[O-]. The van der Waals surface area contributed by atoms with Crippen LogP contribution in [0.25, 0.3) is 0 Å². The van der Waals surface area contributed by atoms with Crippen LogP contribution in [0.2, 0.25) is 0 Å². The van der Waals surface area contributed by atoms with Crippen LogP contribution in [0, 0.1) is 17.0 Å². The number of hydrogen-bond acceptors (Lipinski definition) is 7. The normalized spacial score (nSPS) is 10.1. The van der Waals surface area contributed by atoms with Crippen molar-refractivity contribution >= 4 is 17.3 Å². The van der Waals surface area contributed by atoms with Gasteiger partial charge in [-0.25, -0.2) is 9.78 Å². The molecule has 0 atom stereocenters. The summed E-state index contributed by atoms with van der Waals surface area (Å²) in [4.78, 5) is 31.2. The number of carbonyl (C=O) groups excluding carboxylic acids is 1. The number of rotatable bonds is 6. The van der Waals surface area contributed by atoms with Gasteiger partial charge in [-0.2, -0.15) is 0 Å². The van der Waals surface area contributed by atoms with E-state index in [9.17, 15) is 14.9 Å². The Morgan fingerprint density at radius 2 is 2.10 bits per heavy atom. The number of esters is 1. The Balaban J connectivity index is 2.00. The molecule has 21 heavy (non-hydrogen) atoms. The van der Waals surface area contributed by atoms with Gasteiger partial charge in [-0.15, -0.1) is 21.5 Å². The lowest BCUT2D eigenvalue weighted by Crippen LogP contribution is -2.07. The molecule has 1 aromatic carbocycles. The smallest absolute Gasteiger partial charge is 0.372 e.